The summed E-state index contributed by atoms with van der Waals surface area (Å²) in [6, 6.07) is -0.728. The fourth-order valence-corrected chi connectivity index (χ4v) is 7.29. The molecule has 0 aromatic heterocycles. The number of terminal acetylenes is 1. The van der Waals surface area contributed by atoms with E-state index in [-0.39, 0.29) is 31.7 Å². The first-order valence-corrected chi connectivity index (χ1v) is 13.0. The zero-order valence-electron chi connectivity index (χ0n) is 23.2. The van der Waals surface area contributed by atoms with Gasteiger partial charge in [-0.05, 0) is 47.1 Å². The fraction of sp³-hybridized carbons (Fsp3) is 0.786. The van der Waals surface area contributed by atoms with Gasteiger partial charge in [-0.3, -0.25) is 19.3 Å². The molecule has 1 unspecified atom stereocenters. The molecule has 3 aliphatic rings. The highest BCUT2D eigenvalue weighted by atomic mass is 19.1. The van der Waals surface area contributed by atoms with E-state index in [1.54, 1.807) is 39.6 Å². The lowest BCUT2D eigenvalue weighted by molar-refractivity contribution is -0.192. The number of likely N-dealkylation sites (tertiary alicyclic amines) is 1. The number of cyclic esters (lactones) is 1. The molecule has 3 fully saturated rings. The van der Waals surface area contributed by atoms with Crippen molar-refractivity contribution in [2.75, 3.05) is 20.2 Å². The zero-order chi connectivity index (χ0) is 28.1. The van der Waals surface area contributed by atoms with Gasteiger partial charge in [-0.2, -0.15) is 0 Å². The number of rotatable bonds is 3. The van der Waals surface area contributed by atoms with E-state index in [0.717, 1.165) is 6.92 Å². The molecule has 0 aromatic carbocycles. The largest absolute Gasteiger partial charge is 0.455 e. The Balaban J connectivity index is 2.18. The van der Waals surface area contributed by atoms with E-state index in [1.807, 2.05) is 6.92 Å². The van der Waals surface area contributed by atoms with Gasteiger partial charge in [0.15, 0.2) is 11.4 Å². The maximum atomic E-state index is 15.8. The summed E-state index contributed by atoms with van der Waals surface area (Å²) in [6.07, 6.45) is 4.83. The Bertz CT molecular complexity index is 1020. The predicted octanol–water partition coefficient (Wildman–Crippen LogP) is 2.90. The lowest BCUT2D eigenvalue weighted by atomic mass is 9.62. The minimum absolute atomic E-state index is 0.0527. The Kier molecular flexibility index (Phi) is 7.73. The summed E-state index contributed by atoms with van der Waals surface area (Å²) in [5.41, 5.74) is -6.41. The zero-order valence-corrected chi connectivity index (χ0v) is 23.2. The van der Waals surface area contributed by atoms with Gasteiger partial charge in [0.1, 0.15) is 24.5 Å². The van der Waals surface area contributed by atoms with Gasteiger partial charge in [0.2, 0.25) is 0 Å². The molecule has 0 radical (unpaired) electrons. The molecule has 9 heteroatoms. The smallest absolute Gasteiger partial charge is 0.351 e. The van der Waals surface area contributed by atoms with E-state index in [0.29, 0.717) is 6.54 Å². The number of nitrogens with zero attached hydrogens (tertiary/aromatic N) is 1. The van der Waals surface area contributed by atoms with Crippen molar-refractivity contribution in [3.63, 3.8) is 0 Å². The molecule has 0 bridgehead atoms. The number of Topliss-reactive ketones (excluding diaryl/α,β-unsaturated/α-hetero) is 2. The maximum Gasteiger partial charge on any atom is 0.351 e. The Labute approximate surface area is 218 Å². The van der Waals surface area contributed by atoms with Crippen molar-refractivity contribution in [2.45, 2.75) is 96.7 Å². The minimum atomic E-state index is -2.93. The second kappa shape index (κ2) is 9.77. The standard InChI is InChI=1S/C28H40FNO7/c1-10-12-35-25(5)13-16(3)21(31)26(6)15-30(9)19-20(26)28(8,37-23(19)33)18(11-2)36-24(34)27(7,29)22(32)17(4)14-25/h1,16-20H,11-15H2,2-9H3/t16-,17-,18+,19-,20?,25-,26-,27-,28-/m1/s1. The average Bonchev–Trinajstić information content (AvgIpc) is 3.26. The van der Waals surface area contributed by atoms with E-state index in [9.17, 15) is 19.2 Å². The van der Waals surface area contributed by atoms with Gasteiger partial charge < -0.3 is 14.2 Å². The highest BCUT2D eigenvalue weighted by Gasteiger charge is 2.70. The first-order chi connectivity index (χ1) is 17.0. The SMILES string of the molecule is C#CCO[C@@]1(C)C[C@@H](C)C(=O)[C@@](C)(F)C(=O)O[C@@H](CC)[C@@]2(C)OC(=O)[C@H]3C2[C@@](C)(CN3C)C(=O)[C@H](C)C1. The Hall–Kier alpha value is -2.31. The van der Waals surface area contributed by atoms with Gasteiger partial charge >= 0.3 is 11.9 Å². The maximum absolute atomic E-state index is 15.8. The number of ether oxygens (including phenoxy) is 3. The quantitative estimate of drug-likeness (QED) is 0.318. The van der Waals surface area contributed by atoms with Crippen LogP contribution < -0.4 is 0 Å². The van der Waals surface area contributed by atoms with Gasteiger partial charge in [-0.1, -0.05) is 33.6 Å². The van der Waals surface area contributed by atoms with Crippen molar-refractivity contribution in [1.29, 1.82) is 0 Å². The molecule has 3 heterocycles. The van der Waals surface area contributed by atoms with E-state index in [1.165, 1.54) is 6.92 Å². The van der Waals surface area contributed by atoms with Crippen LogP contribution in [0.25, 0.3) is 0 Å². The average molecular weight is 522 g/mol. The van der Waals surface area contributed by atoms with E-state index < -0.39 is 69.9 Å². The van der Waals surface area contributed by atoms with Crippen LogP contribution >= 0.6 is 0 Å². The van der Waals surface area contributed by atoms with Gasteiger partial charge in [0, 0.05) is 29.7 Å². The van der Waals surface area contributed by atoms with Crippen molar-refractivity contribution in [3.8, 4) is 12.3 Å². The molecule has 37 heavy (non-hydrogen) atoms. The number of likely N-dealkylation sites (N-methyl/N-ethyl adjacent to an activating group) is 1. The van der Waals surface area contributed by atoms with Crippen molar-refractivity contribution >= 4 is 23.5 Å². The molecular formula is C28H40FNO7. The number of esters is 2. The van der Waals surface area contributed by atoms with Crippen molar-refractivity contribution in [1.82, 2.24) is 4.90 Å². The molecule has 8 nitrogen and oxygen atoms in total. The lowest BCUT2D eigenvalue weighted by Gasteiger charge is -2.44. The van der Waals surface area contributed by atoms with E-state index in [2.05, 4.69) is 5.92 Å². The predicted molar refractivity (Wildman–Crippen MR) is 133 cm³/mol. The molecule has 0 spiro atoms. The molecule has 206 valence electrons. The summed E-state index contributed by atoms with van der Waals surface area (Å²) in [5, 5.41) is 0. The number of hydrogen-bond acceptors (Lipinski definition) is 8. The van der Waals surface area contributed by atoms with Crippen LogP contribution in [0.4, 0.5) is 4.39 Å². The minimum Gasteiger partial charge on any atom is -0.455 e. The van der Waals surface area contributed by atoms with Crippen molar-refractivity contribution in [3.05, 3.63) is 0 Å². The van der Waals surface area contributed by atoms with Crippen LogP contribution in [0, 0.1) is 35.5 Å². The third-order valence-corrected chi connectivity index (χ3v) is 8.78. The fourth-order valence-electron chi connectivity index (χ4n) is 7.29. The molecule has 3 aliphatic heterocycles. The highest BCUT2D eigenvalue weighted by Crippen LogP contribution is 2.55. The number of ketones is 2. The summed E-state index contributed by atoms with van der Waals surface area (Å²) in [4.78, 5) is 55.4. The highest BCUT2D eigenvalue weighted by molar-refractivity contribution is 6.07. The normalized spacial score (nSPS) is 45.6. The molecule has 0 saturated carbocycles. The first kappa shape index (κ1) is 29.2. The summed E-state index contributed by atoms with van der Waals surface area (Å²) >= 11 is 0. The molecule has 9 atom stereocenters. The number of carbonyl (C=O) groups excluding carboxylic acids is 4. The molecular weight excluding hydrogens is 481 g/mol. The Morgan fingerprint density at radius 1 is 1.08 bits per heavy atom. The van der Waals surface area contributed by atoms with Crippen molar-refractivity contribution < 1.29 is 37.8 Å². The summed E-state index contributed by atoms with van der Waals surface area (Å²) in [7, 11) is 1.76. The van der Waals surface area contributed by atoms with Crippen LogP contribution in [0.3, 0.4) is 0 Å². The van der Waals surface area contributed by atoms with Crippen LogP contribution in [-0.4, -0.2) is 77.6 Å². The van der Waals surface area contributed by atoms with E-state index >= 15 is 4.39 Å². The van der Waals surface area contributed by atoms with E-state index in [4.69, 9.17) is 20.6 Å². The molecule has 0 N–H and O–H groups in total. The molecule has 0 aliphatic carbocycles. The van der Waals surface area contributed by atoms with Crippen LogP contribution in [0.1, 0.15) is 67.7 Å². The Morgan fingerprint density at radius 3 is 2.19 bits per heavy atom. The van der Waals surface area contributed by atoms with Gasteiger partial charge in [0.25, 0.3) is 5.67 Å². The number of carbonyl (C=O) groups is 4. The second-order valence-corrected chi connectivity index (χ2v) is 12.0. The topological polar surface area (TPSA) is 99.2 Å². The number of halogens is 1. The molecule has 3 saturated heterocycles. The van der Waals surface area contributed by atoms with Crippen LogP contribution in [-0.2, 0) is 33.4 Å². The van der Waals surface area contributed by atoms with Crippen LogP contribution in [0.15, 0.2) is 0 Å². The first-order valence-electron chi connectivity index (χ1n) is 13.0. The third-order valence-electron chi connectivity index (χ3n) is 8.78. The summed E-state index contributed by atoms with van der Waals surface area (Å²) < 4.78 is 33.2. The third kappa shape index (κ3) is 4.72. The second-order valence-electron chi connectivity index (χ2n) is 12.0. The summed E-state index contributed by atoms with van der Waals surface area (Å²) in [6.45, 7) is 11.4. The van der Waals surface area contributed by atoms with Crippen molar-refractivity contribution in [2.24, 2.45) is 23.2 Å². The van der Waals surface area contributed by atoms with Crippen LogP contribution in [0.5, 0.6) is 0 Å². The van der Waals surface area contributed by atoms with Gasteiger partial charge in [0.05, 0.1) is 5.60 Å². The van der Waals surface area contributed by atoms with Gasteiger partial charge in [-0.15, -0.1) is 6.42 Å². The molecule has 0 amide bonds. The number of hydrogen-bond donors (Lipinski definition) is 0. The Morgan fingerprint density at radius 2 is 1.65 bits per heavy atom. The van der Waals surface area contributed by atoms with Crippen LogP contribution in [0.2, 0.25) is 0 Å². The molecule has 3 rings (SSSR count). The molecule has 0 aromatic rings. The number of alkyl halides is 1. The lowest BCUT2D eigenvalue weighted by Crippen LogP contribution is -2.57. The monoisotopic (exact) mass is 521 g/mol. The summed E-state index contributed by atoms with van der Waals surface area (Å²) in [5.74, 6) is -2.61. The van der Waals surface area contributed by atoms with Gasteiger partial charge in [-0.25, -0.2) is 9.18 Å².